The van der Waals surface area contributed by atoms with Crippen molar-refractivity contribution in [3.63, 3.8) is 0 Å². The fraction of sp³-hybridized carbons (Fsp3) is 0.857. The predicted octanol–water partition coefficient (Wildman–Crippen LogP) is 1.18. The maximum Gasteiger partial charge on any atom is 0.188 e. The minimum Gasteiger partial charge on any atom is -0.330 e. The van der Waals surface area contributed by atoms with Crippen molar-refractivity contribution in [2.45, 2.75) is 19.3 Å². The van der Waals surface area contributed by atoms with Crippen LogP contribution in [0, 0.1) is 0 Å². The molecule has 0 aromatic rings. The fourth-order valence-corrected chi connectivity index (χ4v) is 1.42. The van der Waals surface area contributed by atoms with Gasteiger partial charge in [-0.2, -0.15) is 0 Å². The highest BCUT2D eigenvalue weighted by molar-refractivity contribution is 8.13. The molecule has 0 spiro atoms. The van der Waals surface area contributed by atoms with Crippen LogP contribution in [0.1, 0.15) is 19.3 Å². The second-order valence-electron chi connectivity index (χ2n) is 2.25. The summed E-state index contributed by atoms with van der Waals surface area (Å²) < 4.78 is 0. The molecule has 0 amide bonds. The third-order valence-electron chi connectivity index (χ3n) is 1.20. The zero-order valence-electron chi connectivity index (χ0n) is 7.53. The van der Waals surface area contributed by atoms with Crippen molar-refractivity contribution in [1.82, 2.24) is 0 Å². The van der Waals surface area contributed by atoms with E-state index in [2.05, 4.69) is 0 Å². The van der Waals surface area contributed by atoms with E-state index in [0.717, 1.165) is 18.6 Å². The minimum atomic E-state index is 0. The Bertz CT molecular complexity index is 117. The minimum absolute atomic E-state index is 0. The summed E-state index contributed by atoms with van der Waals surface area (Å²) in [4.78, 5) is 10.9. The first kappa shape index (κ1) is 19.1. The van der Waals surface area contributed by atoms with Crippen LogP contribution in [-0.2, 0) is 4.79 Å². The summed E-state index contributed by atoms with van der Waals surface area (Å²) in [6.07, 6.45) is 2.32. The number of thioether (sulfide) groups is 1. The van der Waals surface area contributed by atoms with Gasteiger partial charge in [-0.3, -0.25) is 4.79 Å². The predicted molar refractivity (Wildman–Crippen MR) is 63.9 cm³/mol. The molecule has 0 aromatic heterocycles. The molecule has 0 radical (unpaired) electrons. The van der Waals surface area contributed by atoms with E-state index < -0.39 is 0 Å². The average Bonchev–Trinajstić information content (AvgIpc) is 2.01. The molecule has 0 saturated heterocycles. The van der Waals surface area contributed by atoms with E-state index >= 15 is 0 Å². The number of hydrogen-bond acceptors (Lipinski definition) is 4. The van der Waals surface area contributed by atoms with Crippen LogP contribution >= 0.6 is 36.6 Å². The smallest absolute Gasteiger partial charge is 0.188 e. The largest absolute Gasteiger partial charge is 0.330 e. The first-order valence-electron chi connectivity index (χ1n) is 3.87. The first-order chi connectivity index (χ1) is 5.31. The number of halogens is 2. The highest BCUT2D eigenvalue weighted by atomic mass is 35.5. The summed E-state index contributed by atoms with van der Waals surface area (Å²) in [5.74, 6) is 0.847. The van der Waals surface area contributed by atoms with Crippen LogP contribution < -0.4 is 11.5 Å². The quantitative estimate of drug-likeness (QED) is 0.693. The summed E-state index contributed by atoms with van der Waals surface area (Å²) in [5, 5.41) is 0.240. The lowest BCUT2D eigenvalue weighted by Gasteiger charge is -1.97. The molecule has 0 fully saturated rings. The molecule has 0 bridgehead atoms. The van der Waals surface area contributed by atoms with Crippen LogP contribution in [0.3, 0.4) is 0 Å². The van der Waals surface area contributed by atoms with Gasteiger partial charge in [0.25, 0.3) is 0 Å². The maximum atomic E-state index is 10.9. The van der Waals surface area contributed by atoms with E-state index in [1.807, 2.05) is 0 Å². The molecular weight excluding hydrogens is 231 g/mol. The topological polar surface area (TPSA) is 69.1 Å². The molecule has 3 nitrogen and oxygen atoms in total. The molecule has 0 aliphatic carbocycles. The van der Waals surface area contributed by atoms with Gasteiger partial charge in [0.2, 0.25) is 0 Å². The van der Waals surface area contributed by atoms with Gasteiger partial charge < -0.3 is 11.5 Å². The summed E-state index contributed by atoms with van der Waals surface area (Å²) in [5.41, 5.74) is 10.5. The van der Waals surface area contributed by atoms with Gasteiger partial charge in [-0.1, -0.05) is 11.8 Å². The Morgan fingerprint density at radius 1 is 1.08 bits per heavy atom. The van der Waals surface area contributed by atoms with Crippen molar-refractivity contribution in [2.75, 3.05) is 18.8 Å². The fourth-order valence-electron chi connectivity index (χ4n) is 0.588. The molecule has 0 aliphatic heterocycles. The van der Waals surface area contributed by atoms with Gasteiger partial charge in [0, 0.05) is 12.2 Å². The first-order valence-corrected chi connectivity index (χ1v) is 4.85. The van der Waals surface area contributed by atoms with E-state index in [0.29, 0.717) is 19.5 Å². The number of hydrogen-bond donors (Lipinski definition) is 2. The van der Waals surface area contributed by atoms with E-state index in [4.69, 9.17) is 11.5 Å². The normalized spacial score (nSPS) is 8.46. The summed E-state index contributed by atoms with van der Waals surface area (Å²) in [6.45, 7) is 1.26. The van der Waals surface area contributed by atoms with Crippen molar-refractivity contribution in [3.8, 4) is 0 Å². The molecule has 13 heavy (non-hydrogen) atoms. The van der Waals surface area contributed by atoms with Gasteiger partial charge in [-0.15, -0.1) is 24.8 Å². The average molecular weight is 249 g/mol. The Morgan fingerprint density at radius 3 is 2.08 bits per heavy atom. The number of nitrogens with two attached hydrogens (primary N) is 2. The SMILES string of the molecule is Cl.Cl.NCCCSC(=O)CCCN. The van der Waals surface area contributed by atoms with E-state index in [1.165, 1.54) is 11.8 Å². The van der Waals surface area contributed by atoms with Gasteiger partial charge in [0.1, 0.15) is 0 Å². The highest BCUT2D eigenvalue weighted by Gasteiger charge is 1.99. The summed E-state index contributed by atoms with van der Waals surface area (Å²) in [7, 11) is 0. The number of rotatable bonds is 6. The molecule has 0 aliphatic rings. The molecule has 0 aromatic carbocycles. The van der Waals surface area contributed by atoms with Gasteiger partial charge in [0.05, 0.1) is 0 Å². The van der Waals surface area contributed by atoms with Crippen LogP contribution in [0.4, 0.5) is 0 Å². The van der Waals surface area contributed by atoms with Gasteiger partial charge in [0.15, 0.2) is 5.12 Å². The molecule has 4 N–H and O–H groups in total. The van der Waals surface area contributed by atoms with Crippen molar-refractivity contribution < 1.29 is 4.79 Å². The standard InChI is InChI=1S/C7H16N2OS.2ClH/c8-4-1-3-7(10)11-6-2-5-9;;/h1-6,8-9H2;2*1H. The zero-order valence-corrected chi connectivity index (χ0v) is 9.98. The zero-order chi connectivity index (χ0) is 8.53. The molecular formula is C7H18Cl2N2OS. The lowest BCUT2D eigenvalue weighted by atomic mass is 10.3. The van der Waals surface area contributed by atoms with Crippen LogP contribution in [0.2, 0.25) is 0 Å². The summed E-state index contributed by atoms with van der Waals surface area (Å²) >= 11 is 1.37. The monoisotopic (exact) mass is 248 g/mol. The molecule has 0 saturated carbocycles. The molecule has 0 unspecified atom stereocenters. The molecule has 0 rings (SSSR count). The second kappa shape index (κ2) is 15.0. The Balaban J connectivity index is -0.000000500. The molecule has 6 heteroatoms. The molecule has 82 valence electrons. The van der Waals surface area contributed by atoms with Gasteiger partial charge in [-0.05, 0) is 25.9 Å². The van der Waals surface area contributed by atoms with Crippen LogP contribution in [0.25, 0.3) is 0 Å². The summed E-state index contributed by atoms with van der Waals surface area (Å²) in [6, 6.07) is 0. The van der Waals surface area contributed by atoms with E-state index in [-0.39, 0.29) is 29.9 Å². The van der Waals surface area contributed by atoms with Crippen molar-refractivity contribution >= 4 is 41.7 Å². The van der Waals surface area contributed by atoms with Gasteiger partial charge >= 0.3 is 0 Å². The van der Waals surface area contributed by atoms with Crippen molar-refractivity contribution in [3.05, 3.63) is 0 Å². The van der Waals surface area contributed by atoms with Crippen molar-refractivity contribution in [1.29, 1.82) is 0 Å². The van der Waals surface area contributed by atoms with E-state index in [9.17, 15) is 4.79 Å². The molecule has 0 heterocycles. The van der Waals surface area contributed by atoms with Crippen LogP contribution in [-0.4, -0.2) is 24.0 Å². The van der Waals surface area contributed by atoms with Crippen LogP contribution in [0.5, 0.6) is 0 Å². The third kappa shape index (κ3) is 15.3. The highest BCUT2D eigenvalue weighted by Crippen LogP contribution is 2.07. The lowest BCUT2D eigenvalue weighted by molar-refractivity contribution is -0.111. The van der Waals surface area contributed by atoms with Crippen molar-refractivity contribution in [2.24, 2.45) is 11.5 Å². The Morgan fingerprint density at radius 2 is 1.62 bits per heavy atom. The Hall–Kier alpha value is 0.520. The number of carbonyl (C=O) groups excluding carboxylic acids is 1. The Labute approximate surface area is 96.2 Å². The van der Waals surface area contributed by atoms with Crippen LogP contribution in [0.15, 0.2) is 0 Å². The Kier molecular flexibility index (Phi) is 22.1. The maximum absolute atomic E-state index is 10.9. The number of carbonyl (C=O) groups is 1. The lowest BCUT2D eigenvalue weighted by Crippen LogP contribution is -2.04. The molecule has 0 atom stereocenters. The van der Waals surface area contributed by atoms with E-state index in [1.54, 1.807) is 0 Å². The second-order valence-corrected chi connectivity index (χ2v) is 3.41. The van der Waals surface area contributed by atoms with Gasteiger partial charge in [-0.25, -0.2) is 0 Å². The third-order valence-corrected chi connectivity index (χ3v) is 2.22.